The van der Waals surface area contributed by atoms with E-state index in [2.05, 4.69) is 6.08 Å². The Bertz CT molecular complexity index is 328. The highest BCUT2D eigenvalue weighted by Gasteiger charge is 2.40. The molecule has 0 aromatic rings. The average molecular weight is 264 g/mol. The first-order valence-electron chi connectivity index (χ1n) is 8.31. The summed E-state index contributed by atoms with van der Waals surface area (Å²) in [6, 6.07) is 0. The molecule has 2 aliphatic carbocycles. The fourth-order valence-corrected chi connectivity index (χ4v) is 4.21. The number of rotatable bonds is 2. The van der Waals surface area contributed by atoms with Crippen LogP contribution in [0.1, 0.15) is 77.0 Å². The zero-order valence-corrected chi connectivity index (χ0v) is 12.1. The van der Waals surface area contributed by atoms with E-state index in [1.165, 1.54) is 63.4 Å². The van der Waals surface area contributed by atoms with Crippen LogP contribution in [-0.2, 0) is 4.74 Å². The van der Waals surface area contributed by atoms with Gasteiger partial charge in [-0.2, -0.15) is 0 Å². The van der Waals surface area contributed by atoms with Gasteiger partial charge in [-0.25, -0.2) is 0 Å². The Morgan fingerprint density at radius 3 is 2.74 bits per heavy atom. The number of ether oxygens (including phenoxy) is 1. The van der Waals surface area contributed by atoms with E-state index in [0.29, 0.717) is 6.10 Å². The van der Waals surface area contributed by atoms with Gasteiger partial charge < -0.3 is 9.84 Å². The van der Waals surface area contributed by atoms with Gasteiger partial charge in [-0.15, -0.1) is 0 Å². The van der Waals surface area contributed by atoms with Crippen LogP contribution in [-0.4, -0.2) is 22.9 Å². The molecule has 1 N–H and O–H groups in total. The fourth-order valence-electron chi connectivity index (χ4n) is 4.21. The number of aliphatic hydroxyl groups excluding tert-OH is 1. The number of hydrogen-bond acceptors (Lipinski definition) is 2. The minimum absolute atomic E-state index is 0.206. The van der Waals surface area contributed by atoms with Gasteiger partial charge in [-0.05, 0) is 51.4 Å². The summed E-state index contributed by atoms with van der Waals surface area (Å²) in [6.45, 7) is 0. The van der Waals surface area contributed by atoms with E-state index < -0.39 is 0 Å². The molecule has 2 fully saturated rings. The standard InChI is InChI=1S/C17H28O2/c18-15-7-3-2-6-14(12-15)13-16-8-11-17(19-16)9-4-1-5-10-17/h12,15-16,18H,1-11,13H2. The molecule has 1 spiro atoms. The molecule has 0 aromatic carbocycles. The minimum Gasteiger partial charge on any atom is -0.389 e. The molecule has 2 unspecified atom stereocenters. The quantitative estimate of drug-likeness (QED) is 0.760. The van der Waals surface area contributed by atoms with Crippen molar-refractivity contribution in [3.63, 3.8) is 0 Å². The van der Waals surface area contributed by atoms with Crippen molar-refractivity contribution in [1.29, 1.82) is 0 Å². The van der Waals surface area contributed by atoms with Crippen LogP contribution in [0.4, 0.5) is 0 Å². The first-order chi connectivity index (χ1) is 9.26. The monoisotopic (exact) mass is 264 g/mol. The summed E-state index contributed by atoms with van der Waals surface area (Å²) >= 11 is 0. The maximum Gasteiger partial charge on any atom is 0.0723 e. The van der Waals surface area contributed by atoms with Crippen molar-refractivity contribution in [2.24, 2.45) is 0 Å². The Kier molecular flexibility index (Phi) is 4.28. The molecule has 1 aliphatic heterocycles. The van der Waals surface area contributed by atoms with Crippen molar-refractivity contribution in [1.82, 2.24) is 0 Å². The molecule has 0 amide bonds. The van der Waals surface area contributed by atoms with Crippen molar-refractivity contribution in [3.05, 3.63) is 11.6 Å². The Labute approximate surface area is 117 Å². The predicted octanol–water partition coefficient (Wildman–Crippen LogP) is 4.12. The van der Waals surface area contributed by atoms with Crippen LogP contribution in [0.3, 0.4) is 0 Å². The second-order valence-electron chi connectivity index (χ2n) is 6.86. The van der Waals surface area contributed by atoms with Crippen LogP contribution < -0.4 is 0 Å². The maximum absolute atomic E-state index is 9.86. The minimum atomic E-state index is -0.206. The first-order valence-corrected chi connectivity index (χ1v) is 8.31. The van der Waals surface area contributed by atoms with E-state index in [-0.39, 0.29) is 11.7 Å². The SMILES string of the molecule is OC1C=C(CC2CCC3(CCCCC3)O2)CCCC1. The molecule has 3 aliphatic rings. The van der Waals surface area contributed by atoms with Gasteiger partial charge in [0, 0.05) is 0 Å². The number of aliphatic hydroxyl groups is 1. The summed E-state index contributed by atoms with van der Waals surface area (Å²) in [5.74, 6) is 0. The lowest BCUT2D eigenvalue weighted by Crippen LogP contribution is -2.31. The Morgan fingerprint density at radius 2 is 1.89 bits per heavy atom. The van der Waals surface area contributed by atoms with Gasteiger partial charge in [0.2, 0.25) is 0 Å². The van der Waals surface area contributed by atoms with Crippen LogP contribution in [0, 0.1) is 0 Å². The summed E-state index contributed by atoms with van der Waals surface area (Å²) < 4.78 is 6.45. The molecule has 3 rings (SSSR count). The van der Waals surface area contributed by atoms with E-state index in [0.717, 1.165) is 19.3 Å². The Balaban J connectivity index is 1.56. The highest BCUT2D eigenvalue weighted by atomic mass is 16.5. The summed E-state index contributed by atoms with van der Waals surface area (Å²) in [5, 5.41) is 9.86. The normalized spacial score (nSPS) is 35.1. The summed E-state index contributed by atoms with van der Waals surface area (Å²) in [6.07, 6.45) is 17.1. The highest BCUT2D eigenvalue weighted by molar-refractivity contribution is 5.09. The molecule has 2 nitrogen and oxygen atoms in total. The molecule has 2 heteroatoms. The second-order valence-corrected chi connectivity index (χ2v) is 6.86. The molecule has 1 heterocycles. The first kappa shape index (κ1) is 13.6. The van der Waals surface area contributed by atoms with Crippen LogP contribution >= 0.6 is 0 Å². The molecular formula is C17H28O2. The summed E-state index contributed by atoms with van der Waals surface area (Å²) in [7, 11) is 0. The largest absolute Gasteiger partial charge is 0.389 e. The lowest BCUT2D eigenvalue weighted by molar-refractivity contribution is -0.0630. The highest BCUT2D eigenvalue weighted by Crippen LogP contribution is 2.43. The molecular weight excluding hydrogens is 236 g/mol. The van der Waals surface area contributed by atoms with E-state index in [4.69, 9.17) is 4.74 Å². The Hall–Kier alpha value is -0.340. The van der Waals surface area contributed by atoms with Crippen LogP contribution in [0.25, 0.3) is 0 Å². The summed E-state index contributed by atoms with van der Waals surface area (Å²) in [5.41, 5.74) is 1.69. The summed E-state index contributed by atoms with van der Waals surface area (Å²) in [4.78, 5) is 0. The van der Waals surface area contributed by atoms with E-state index in [9.17, 15) is 5.11 Å². The van der Waals surface area contributed by atoms with Gasteiger partial charge in [-0.1, -0.05) is 37.3 Å². The molecule has 108 valence electrons. The zero-order chi connectivity index (χ0) is 13.1. The van der Waals surface area contributed by atoms with Crippen molar-refractivity contribution in [2.75, 3.05) is 0 Å². The van der Waals surface area contributed by atoms with Crippen molar-refractivity contribution >= 4 is 0 Å². The fraction of sp³-hybridized carbons (Fsp3) is 0.882. The maximum atomic E-state index is 9.86. The molecule has 0 bridgehead atoms. The third kappa shape index (κ3) is 3.41. The zero-order valence-electron chi connectivity index (χ0n) is 12.1. The molecule has 1 saturated heterocycles. The van der Waals surface area contributed by atoms with Crippen LogP contribution in [0.5, 0.6) is 0 Å². The second kappa shape index (κ2) is 5.97. The van der Waals surface area contributed by atoms with Crippen LogP contribution in [0.2, 0.25) is 0 Å². The van der Waals surface area contributed by atoms with Gasteiger partial charge in [0.1, 0.15) is 0 Å². The third-order valence-electron chi connectivity index (χ3n) is 5.27. The van der Waals surface area contributed by atoms with Gasteiger partial charge in [-0.3, -0.25) is 0 Å². The van der Waals surface area contributed by atoms with Gasteiger partial charge in [0.15, 0.2) is 0 Å². The Morgan fingerprint density at radius 1 is 1.05 bits per heavy atom. The lowest BCUT2D eigenvalue weighted by Gasteiger charge is -2.33. The third-order valence-corrected chi connectivity index (χ3v) is 5.27. The predicted molar refractivity (Wildman–Crippen MR) is 77.1 cm³/mol. The molecule has 1 saturated carbocycles. The topological polar surface area (TPSA) is 29.5 Å². The van der Waals surface area contributed by atoms with Crippen molar-refractivity contribution in [2.45, 2.75) is 94.9 Å². The molecule has 2 atom stereocenters. The van der Waals surface area contributed by atoms with E-state index in [1.807, 2.05) is 0 Å². The molecule has 0 radical (unpaired) electrons. The lowest BCUT2D eigenvalue weighted by atomic mass is 9.83. The van der Waals surface area contributed by atoms with Crippen molar-refractivity contribution in [3.8, 4) is 0 Å². The van der Waals surface area contributed by atoms with Gasteiger partial charge >= 0.3 is 0 Å². The van der Waals surface area contributed by atoms with E-state index >= 15 is 0 Å². The molecule has 19 heavy (non-hydrogen) atoms. The molecule has 0 aromatic heterocycles. The number of hydrogen-bond donors (Lipinski definition) is 1. The van der Waals surface area contributed by atoms with Gasteiger partial charge in [0.05, 0.1) is 17.8 Å². The van der Waals surface area contributed by atoms with Gasteiger partial charge in [0.25, 0.3) is 0 Å². The van der Waals surface area contributed by atoms with Crippen molar-refractivity contribution < 1.29 is 9.84 Å². The van der Waals surface area contributed by atoms with E-state index in [1.54, 1.807) is 0 Å². The smallest absolute Gasteiger partial charge is 0.0723 e. The average Bonchev–Trinajstić information content (AvgIpc) is 2.65. The van der Waals surface area contributed by atoms with Crippen LogP contribution in [0.15, 0.2) is 11.6 Å².